The van der Waals surface area contributed by atoms with Crippen LogP contribution in [0.15, 0.2) is 41.3 Å². The van der Waals surface area contributed by atoms with Crippen LogP contribution in [0.4, 0.5) is 0 Å². The highest BCUT2D eigenvalue weighted by Gasteiger charge is 2.16. The molecule has 0 aliphatic carbocycles. The third kappa shape index (κ3) is 5.65. The van der Waals surface area contributed by atoms with Crippen molar-refractivity contribution in [2.45, 2.75) is 30.2 Å². The van der Waals surface area contributed by atoms with Gasteiger partial charge in [-0.2, -0.15) is 0 Å². The summed E-state index contributed by atoms with van der Waals surface area (Å²) in [6.07, 6.45) is 1.76. The van der Waals surface area contributed by atoms with Crippen LogP contribution < -0.4 is 5.32 Å². The Morgan fingerprint density at radius 2 is 2.25 bits per heavy atom. The zero-order chi connectivity index (χ0) is 17.4. The Kier molecular flexibility index (Phi) is 7.27. The molecule has 0 radical (unpaired) electrons. The van der Waals surface area contributed by atoms with Gasteiger partial charge in [0.15, 0.2) is 10.4 Å². The maximum atomic E-state index is 11.7. The number of aromatic nitrogens is 1. The van der Waals surface area contributed by atoms with E-state index in [2.05, 4.69) is 16.9 Å². The van der Waals surface area contributed by atoms with E-state index in [1.54, 1.807) is 36.1 Å². The fourth-order valence-corrected chi connectivity index (χ4v) is 3.99. The average Bonchev–Trinajstić information content (AvgIpc) is 2.99. The molecule has 0 aliphatic heterocycles. The van der Waals surface area contributed by atoms with Gasteiger partial charge in [-0.15, -0.1) is 17.9 Å². The minimum Gasteiger partial charge on any atom is -0.453 e. The molecule has 1 amide bonds. The van der Waals surface area contributed by atoms with Gasteiger partial charge in [0.2, 0.25) is 0 Å². The first kappa shape index (κ1) is 18.5. The number of thioether (sulfide) groups is 1. The summed E-state index contributed by atoms with van der Waals surface area (Å²) in [5.41, 5.74) is 1.00. The molecule has 1 aromatic carbocycles. The number of fused-ring (bicyclic) bond motifs is 1. The number of hydrogen-bond donors (Lipinski definition) is 1. The van der Waals surface area contributed by atoms with Gasteiger partial charge in [-0.3, -0.25) is 9.59 Å². The SMILES string of the molecule is C=CCNC(=O)[C@H](C)OC(=O)CCCSc1nc2ccccc2s1. The highest BCUT2D eigenvalue weighted by Crippen LogP contribution is 2.29. The molecule has 24 heavy (non-hydrogen) atoms. The molecule has 0 unspecified atom stereocenters. The molecular formula is C17H20N2O3S2. The second kappa shape index (κ2) is 9.44. The number of carbonyl (C=O) groups is 2. The molecular weight excluding hydrogens is 344 g/mol. The molecule has 2 rings (SSSR count). The number of rotatable bonds is 9. The van der Waals surface area contributed by atoms with Crippen LogP contribution in [-0.2, 0) is 14.3 Å². The number of amides is 1. The summed E-state index contributed by atoms with van der Waals surface area (Å²) in [5, 5.41) is 2.59. The highest BCUT2D eigenvalue weighted by molar-refractivity contribution is 8.01. The molecule has 2 aromatic rings. The number of benzene rings is 1. The molecule has 1 atom stereocenters. The predicted octanol–water partition coefficient (Wildman–Crippen LogP) is 3.40. The summed E-state index contributed by atoms with van der Waals surface area (Å²) in [7, 11) is 0. The lowest BCUT2D eigenvalue weighted by atomic mass is 10.3. The Balaban J connectivity index is 1.67. The van der Waals surface area contributed by atoms with Crippen LogP contribution in [0.25, 0.3) is 10.2 Å². The van der Waals surface area contributed by atoms with Gasteiger partial charge in [0.25, 0.3) is 5.91 Å². The van der Waals surface area contributed by atoms with Crippen molar-refractivity contribution in [3.63, 3.8) is 0 Å². The molecule has 1 N–H and O–H groups in total. The van der Waals surface area contributed by atoms with Crippen molar-refractivity contribution in [3.05, 3.63) is 36.9 Å². The Bertz CT molecular complexity index is 682. The zero-order valence-corrected chi connectivity index (χ0v) is 15.1. The lowest BCUT2D eigenvalue weighted by Crippen LogP contribution is -2.35. The van der Waals surface area contributed by atoms with Gasteiger partial charge in [-0.05, 0) is 25.5 Å². The van der Waals surface area contributed by atoms with Crippen LogP contribution in [0, 0.1) is 0 Å². The van der Waals surface area contributed by atoms with Crippen LogP contribution in [0.2, 0.25) is 0 Å². The summed E-state index contributed by atoms with van der Waals surface area (Å²) < 4.78 is 7.27. The fraction of sp³-hybridized carbons (Fsp3) is 0.353. The molecule has 5 nitrogen and oxygen atoms in total. The second-order valence-electron chi connectivity index (χ2n) is 5.07. The lowest BCUT2D eigenvalue weighted by molar-refractivity contribution is -0.154. The fourth-order valence-electron chi connectivity index (χ4n) is 1.91. The van der Waals surface area contributed by atoms with E-state index in [0.717, 1.165) is 15.6 Å². The topological polar surface area (TPSA) is 68.3 Å². The van der Waals surface area contributed by atoms with Crippen LogP contribution in [-0.4, -0.2) is 35.3 Å². The Morgan fingerprint density at radius 1 is 1.46 bits per heavy atom. The van der Waals surface area contributed by atoms with Crippen molar-refractivity contribution >= 4 is 45.2 Å². The van der Waals surface area contributed by atoms with Gasteiger partial charge in [-0.25, -0.2) is 4.98 Å². The number of ether oxygens (including phenoxy) is 1. The average molecular weight is 364 g/mol. The monoisotopic (exact) mass is 364 g/mol. The van der Waals surface area contributed by atoms with E-state index in [1.165, 1.54) is 4.70 Å². The van der Waals surface area contributed by atoms with Gasteiger partial charge in [0.1, 0.15) is 0 Å². The third-order valence-electron chi connectivity index (χ3n) is 3.12. The first-order valence-electron chi connectivity index (χ1n) is 7.66. The quantitative estimate of drug-likeness (QED) is 0.320. The molecule has 0 fully saturated rings. The molecule has 0 saturated carbocycles. The minimum absolute atomic E-state index is 0.289. The first-order valence-corrected chi connectivity index (χ1v) is 9.47. The van der Waals surface area contributed by atoms with Crippen molar-refractivity contribution in [2.24, 2.45) is 0 Å². The van der Waals surface area contributed by atoms with E-state index in [9.17, 15) is 9.59 Å². The van der Waals surface area contributed by atoms with E-state index < -0.39 is 6.10 Å². The summed E-state index contributed by atoms with van der Waals surface area (Å²) in [5.74, 6) is 0.111. The Morgan fingerprint density at radius 3 is 3.00 bits per heavy atom. The molecule has 0 aliphatic rings. The molecule has 128 valence electrons. The molecule has 1 heterocycles. The highest BCUT2D eigenvalue weighted by atomic mass is 32.2. The second-order valence-corrected chi connectivity index (χ2v) is 7.44. The van der Waals surface area contributed by atoms with Gasteiger partial charge >= 0.3 is 5.97 Å². The lowest BCUT2D eigenvalue weighted by Gasteiger charge is -2.12. The smallest absolute Gasteiger partial charge is 0.306 e. The number of esters is 1. The van der Waals surface area contributed by atoms with Crippen LogP contribution >= 0.6 is 23.1 Å². The van der Waals surface area contributed by atoms with E-state index in [-0.39, 0.29) is 18.3 Å². The van der Waals surface area contributed by atoms with Crippen LogP contribution in [0.1, 0.15) is 19.8 Å². The van der Waals surface area contributed by atoms with Crippen LogP contribution in [0.5, 0.6) is 0 Å². The number of carbonyl (C=O) groups excluding carboxylic acids is 2. The molecule has 7 heteroatoms. The molecule has 0 saturated heterocycles. The van der Waals surface area contributed by atoms with Crippen molar-refractivity contribution in [3.8, 4) is 0 Å². The number of thiazole rings is 1. The largest absolute Gasteiger partial charge is 0.453 e. The standard InChI is InChI=1S/C17H20N2O3S2/c1-3-10-18-16(21)12(2)22-15(20)9-6-11-23-17-19-13-7-4-5-8-14(13)24-17/h3-5,7-8,12H,1,6,9-11H2,2H3,(H,18,21)/t12-/m0/s1. The maximum Gasteiger partial charge on any atom is 0.306 e. The van der Waals surface area contributed by atoms with Crippen LogP contribution in [0.3, 0.4) is 0 Å². The number of para-hydroxylation sites is 1. The summed E-state index contributed by atoms with van der Waals surface area (Å²) in [4.78, 5) is 27.9. The zero-order valence-electron chi connectivity index (χ0n) is 13.5. The van der Waals surface area contributed by atoms with E-state index in [4.69, 9.17) is 4.74 Å². The number of nitrogens with one attached hydrogen (secondary N) is 1. The van der Waals surface area contributed by atoms with Crippen molar-refractivity contribution in [1.29, 1.82) is 0 Å². The third-order valence-corrected chi connectivity index (χ3v) is 5.39. The minimum atomic E-state index is -0.783. The first-order chi connectivity index (χ1) is 11.6. The predicted molar refractivity (Wildman–Crippen MR) is 98.3 cm³/mol. The van der Waals surface area contributed by atoms with Gasteiger partial charge in [0, 0.05) is 18.7 Å². The Labute approximate surface area is 149 Å². The van der Waals surface area contributed by atoms with E-state index in [1.807, 2.05) is 24.3 Å². The molecule has 1 aromatic heterocycles. The normalized spacial score (nSPS) is 11.9. The summed E-state index contributed by atoms with van der Waals surface area (Å²) in [6, 6.07) is 8.01. The maximum absolute atomic E-state index is 11.7. The number of nitrogens with zero attached hydrogens (tertiary/aromatic N) is 1. The van der Waals surface area contributed by atoms with Gasteiger partial charge < -0.3 is 10.1 Å². The molecule has 0 spiro atoms. The van der Waals surface area contributed by atoms with Gasteiger partial charge in [0.05, 0.1) is 10.2 Å². The molecule has 0 bridgehead atoms. The van der Waals surface area contributed by atoms with E-state index in [0.29, 0.717) is 13.0 Å². The van der Waals surface area contributed by atoms with Crippen molar-refractivity contribution < 1.29 is 14.3 Å². The van der Waals surface area contributed by atoms with Crippen molar-refractivity contribution in [2.75, 3.05) is 12.3 Å². The number of hydrogen-bond acceptors (Lipinski definition) is 6. The summed E-state index contributed by atoms with van der Waals surface area (Å²) >= 11 is 3.29. The summed E-state index contributed by atoms with van der Waals surface area (Å²) in [6.45, 7) is 5.43. The van der Waals surface area contributed by atoms with Gasteiger partial charge in [-0.1, -0.05) is 30.0 Å². The van der Waals surface area contributed by atoms with E-state index >= 15 is 0 Å². The Hall–Kier alpha value is -1.86. The van der Waals surface area contributed by atoms with Crippen molar-refractivity contribution in [1.82, 2.24) is 10.3 Å².